The van der Waals surface area contributed by atoms with E-state index in [0.717, 1.165) is 5.52 Å². The Kier molecular flexibility index (Phi) is 6.48. The molecule has 3 aromatic rings. The largest absolute Gasteiger partial charge is 0.393 e. The lowest BCUT2D eigenvalue weighted by Gasteiger charge is -2.28. The zero-order valence-corrected chi connectivity index (χ0v) is 19.0. The van der Waals surface area contributed by atoms with E-state index in [9.17, 15) is 23.5 Å². The number of nitrogens with zero attached hydrogens (tertiary/aromatic N) is 3. The highest BCUT2D eigenvalue weighted by Crippen LogP contribution is 2.36. The van der Waals surface area contributed by atoms with Crippen LogP contribution in [-0.4, -0.2) is 52.3 Å². The Morgan fingerprint density at radius 3 is 2.69 bits per heavy atom. The molecule has 2 aliphatic rings. The quantitative estimate of drug-likeness (QED) is 0.569. The smallest absolute Gasteiger partial charge is 0.263 e. The minimum Gasteiger partial charge on any atom is -0.393 e. The fourth-order valence-electron chi connectivity index (χ4n) is 4.81. The molecule has 8 nitrogen and oxygen atoms in total. The molecule has 1 saturated heterocycles. The summed E-state index contributed by atoms with van der Waals surface area (Å²) >= 11 is 0. The van der Waals surface area contributed by atoms with Crippen LogP contribution in [0.5, 0.6) is 0 Å². The zero-order chi connectivity index (χ0) is 24.5. The van der Waals surface area contributed by atoms with Gasteiger partial charge in [0, 0.05) is 29.4 Å². The minimum atomic E-state index is -2.68. The number of fused-ring (bicyclic) bond motifs is 1. The van der Waals surface area contributed by atoms with Gasteiger partial charge in [-0.15, -0.1) is 0 Å². The number of carbonyl (C=O) groups is 2. The third-order valence-corrected chi connectivity index (χ3v) is 6.63. The summed E-state index contributed by atoms with van der Waals surface area (Å²) in [4.78, 5) is 31.6. The van der Waals surface area contributed by atoms with Crippen molar-refractivity contribution in [2.45, 2.75) is 44.3 Å². The van der Waals surface area contributed by atoms with Gasteiger partial charge in [-0.3, -0.25) is 14.9 Å². The predicted octanol–water partition coefficient (Wildman–Crippen LogP) is 4.07. The molecular weight excluding hydrogens is 458 g/mol. The van der Waals surface area contributed by atoms with Gasteiger partial charge >= 0.3 is 0 Å². The van der Waals surface area contributed by atoms with Crippen molar-refractivity contribution in [1.29, 1.82) is 0 Å². The summed E-state index contributed by atoms with van der Waals surface area (Å²) in [7, 11) is 0. The SMILES string of the molecule is O=C(Nc1nc2cc(N3CCOCC3=O)ccc2n1C1CCC(O)CC1)c1cccc(C(F)F)c1. The maximum absolute atomic E-state index is 13.1. The lowest BCUT2D eigenvalue weighted by molar-refractivity contribution is -0.125. The molecule has 2 aromatic carbocycles. The molecule has 0 spiro atoms. The van der Waals surface area contributed by atoms with E-state index < -0.39 is 12.3 Å². The monoisotopic (exact) mass is 484 g/mol. The number of aliphatic hydroxyl groups is 1. The van der Waals surface area contributed by atoms with E-state index in [-0.39, 0.29) is 35.8 Å². The van der Waals surface area contributed by atoms with Crippen molar-refractivity contribution in [3.8, 4) is 0 Å². The number of hydrogen-bond acceptors (Lipinski definition) is 5. The molecule has 0 radical (unpaired) electrons. The number of halogens is 2. The van der Waals surface area contributed by atoms with Crippen LogP contribution in [0.1, 0.15) is 54.1 Å². The topological polar surface area (TPSA) is 96.7 Å². The molecule has 2 N–H and O–H groups in total. The van der Waals surface area contributed by atoms with Crippen LogP contribution < -0.4 is 10.2 Å². The van der Waals surface area contributed by atoms with Crippen molar-refractivity contribution >= 4 is 34.5 Å². The van der Waals surface area contributed by atoms with Gasteiger partial charge in [0.25, 0.3) is 18.2 Å². The van der Waals surface area contributed by atoms with Crippen molar-refractivity contribution in [2.24, 2.45) is 0 Å². The fraction of sp³-hybridized carbons (Fsp3) is 0.400. The third-order valence-electron chi connectivity index (χ3n) is 6.63. The minimum absolute atomic E-state index is 0.00182. The second-order valence-corrected chi connectivity index (χ2v) is 8.92. The highest BCUT2D eigenvalue weighted by molar-refractivity contribution is 6.04. The number of benzene rings is 2. The van der Waals surface area contributed by atoms with Crippen molar-refractivity contribution in [2.75, 3.05) is 30.0 Å². The Morgan fingerprint density at radius 2 is 1.94 bits per heavy atom. The first-order valence-electron chi connectivity index (χ1n) is 11.7. The molecule has 2 fully saturated rings. The van der Waals surface area contributed by atoms with E-state index in [1.54, 1.807) is 11.0 Å². The van der Waals surface area contributed by atoms with E-state index in [4.69, 9.17) is 4.74 Å². The lowest BCUT2D eigenvalue weighted by atomic mass is 9.93. The molecule has 1 aliphatic carbocycles. The van der Waals surface area contributed by atoms with E-state index in [0.29, 0.717) is 56.0 Å². The summed E-state index contributed by atoms with van der Waals surface area (Å²) in [5.41, 5.74) is 1.96. The van der Waals surface area contributed by atoms with Crippen LogP contribution in [0.25, 0.3) is 11.0 Å². The van der Waals surface area contributed by atoms with Crippen LogP contribution in [0, 0.1) is 0 Å². The summed E-state index contributed by atoms with van der Waals surface area (Å²) < 4.78 is 33.4. The zero-order valence-electron chi connectivity index (χ0n) is 19.0. The van der Waals surface area contributed by atoms with Crippen molar-refractivity contribution in [3.63, 3.8) is 0 Å². The number of hydrogen-bond donors (Lipinski definition) is 2. The molecule has 1 aliphatic heterocycles. The van der Waals surface area contributed by atoms with Crippen LogP contribution in [0.4, 0.5) is 20.4 Å². The molecule has 1 aromatic heterocycles. The number of aliphatic hydroxyl groups excluding tert-OH is 1. The summed E-state index contributed by atoms with van der Waals surface area (Å²) in [6.07, 6.45) is -0.346. The Bertz CT molecular complexity index is 1250. The molecule has 0 unspecified atom stereocenters. The second kappa shape index (κ2) is 9.71. The molecule has 0 bridgehead atoms. The number of morpholine rings is 1. The summed E-state index contributed by atoms with van der Waals surface area (Å²) in [6.45, 7) is 0.910. The summed E-state index contributed by atoms with van der Waals surface area (Å²) in [6, 6.07) is 10.9. The first-order valence-corrected chi connectivity index (χ1v) is 11.7. The van der Waals surface area contributed by atoms with E-state index in [2.05, 4.69) is 10.3 Å². The predicted molar refractivity (Wildman–Crippen MR) is 126 cm³/mol. The van der Waals surface area contributed by atoms with Gasteiger partial charge in [-0.2, -0.15) is 0 Å². The number of ether oxygens (including phenoxy) is 1. The Labute approximate surface area is 200 Å². The number of aromatic nitrogens is 2. The number of amides is 2. The Hall–Kier alpha value is -3.37. The van der Waals surface area contributed by atoms with E-state index in [1.807, 2.05) is 16.7 Å². The van der Waals surface area contributed by atoms with Gasteiger partial charge in [-0.1, -0.05) is 12.1 Å². The van der Waals surface area contributed by atoms with Crippen molar-refractivity contribution < 1.29 is 28.2 Å². The fourth-order valence-corrected chi connectivity index (χ4v) is 4.81. The maximum Gasteiger partial charge on any atom is 0.263 e. The van der Waals surface area contributed by atoms with Gasteiger partial charge in [0.1, 0.15) is 6.61 Å². The summed E-state index contributed by atoms with van der Waals surface area (Å²) in [5.74, 6) is -0.369. The average Bonchev–Trinajstić information content (AvgIpc) is 3.21. The number of imidazole rings is 1. The van der Waals surface area contributed by atoms with E-state index >= 15 is 0 Å². The van der Waals surface area contributed by atoms with Crippen LogP contribution in [0.15, 0.2) is 42.5 Å². The average molecular weight is 485 g/mol. The van der Waals surface area contributed by atoms with Gasteiger partial charge in [0.2, 0.25) is 5.95 Å². The first-order chi connectivity index (χ1) is 16.9. The summed E-state index contributed by atoms with van der Waals surface area (Å²) in [5, 5.41) is 12.8. The van der Waals surface area contributed by atoms with Gasteiger partial charge in [-0.25, -0.2) is 13.8 Å². The van der Waals surface area contributed by atoms with E-state index in [1.165, 1.54) is 24.3 Å². The highest BCUT2D eigenvalue weighted by Gasteiger charge is 2.27. The van der Waals surface area contributed by atoms with Gasteiger partial charge in [0.15, 0.2) is 0 Å². The maximum atomic E-state index is 13.1. The van der Waals surface area contributed by atoms with Crippen LogP contribution in [-0.2, 0) is 9.53 Å². The van der Waals surface area contributed by atoms with Crippen LogP contribution in [0.3, 0.4) is 0 Å². The van der Waals surface area contributed by atoms with Gasteiger partial charge < -0.3 is 19.3 Å². The molecule has 5 rings (SSSR count). The van der Waals surface area contributed by atoms with Gasteiger partial charge in [0.05, 0.1) is 23.7 Å². The molecule has 2 amide bonds. The Morgan fingerprint density at radius 1 is 1.14 bits per heavy atom. The molecule has 0 atom stereocenters. The first kappa shape index (κ1) is 23.4. The number of rotatable bonds is 5. The lowest BCUT2D eigenvalue weighted by Crippen LogP contribution is -2.41. The number of alkyl halides is 2. The third kappa shape index (κ3) is 4.76. The molecule has 10 heteroatoms. The number of carbonyl (C=O) groups excluding carboxylic acids is 2. The van der Waals surface area contributed by atoms with Crippen LogP contribution in [0.2, 0.25) is 0 Å². The van der Waals surface area contributed by atoms with Crippen LogP contribution >= 0.6 is 0 Å². The van der Waals surface area contributed by atoms with Gasteiger partial charge in [-0.05, 0) is 56.0 Å². The molecule has 1 saturated carbocycles. The highest BCUT2D eigenvalue weighted by atomic mass is 19.3. The number of anilines is 2. The molecule has 35 heavy (non-hydrogen) atoms. The normalized spacial score (nSPS) is 21.0. The molecular formula is C25H26F2N4O4. The molecule has 184 valence electrons. The Balaban J connectivity index is 1.51. The van der Waals surface area contributed by atoms with Crippen molar-refractivity contribution in [3.05, 3.63) is 53.6 Å². The standard InChI is InChI=1S/C25H26F2N4O4/c26-23(27)15-2-1-3-16(12-15)24(34)29-25-28-20-13-18(30-10-11-35-14-22(30)33)6-9-21(20)31(25)17-4-7-19(32)8-5-17/h1-3,6,9,12-13,17,19,23,32H,4-5,7-8,10-11,14H2,(H,28,29,34). The number of nitrogens with one attached hydrogen (secondary N) is 1. The second-order valence-electron chi connectivity index (χ2n) is 8.92. The van der Waals surface area contributed by atoms with Crippen molar-refractivity contribution in [1.82, 2.24) is 9.55 Å². The molecule has 2 heterocycles.